The zero-order valence-electron chi connectivity index (χ0n) is 9.56. The molecule has 15 heavy (non-hydrogen) atoms. The van der Waals surface area contributed by atoms with Crippen LogP contribution in [-0.2, 0) is 0 Å². The number of likely N-dealkylation sites (tertiary alicyclic amines) is 1. The fourth-order valence-corrected chi connectivity index (χ4v) is 2.16. The second-order valence-corrected chi connectivity index (χ2v) is 4.36. The number of nitrogens with zero attached hydrogens (tertiary/aromatic N) is 3. The maximum atomic E-state index is 4.16. The van der Waals surface area contributed by atoms with Gasteiger partial charge in [0.25, 0.3) is 0 Å². The van der Waals surface area contributed by atoms with Gasteiger partial charge in [0.1, 0.15) is 0 Å². The smallest absolute Gasteiger partial charge is 0.0552 e. The van der Waals surface area contributed by atoms with Crippen LogP contribution >= 0.6 is 0 Å². The molecule has 2 heterocycles. The van der Waals surface area contributed by atoms with Crippen molar-refractivity contribution in [2.45, 2.75) is 18.9 Å². The standard InChI is InChI=1S/C12H19N3/c1-14-8-5-11(6-9-14)15(2)12-4-3-7-13-10-12/h3-4,7,10-11H,5-6,8-9H2,1-2H3. The van der Waals surface area contributed by atoms with Crippen LogP contribution < -0.4 is 4.90 Å². The first-order valence-corrected chi connectivity index (χ1v) is 5.59. The van der Waals surface area contributed by atoms with Gasteiger partial charge in [-0.1, -0.05) is 0 Å². The maximum Gasteiger partial charge on any atom is 0.0552 e. The summed E-state index contributed by atoms with van der Waals surface area (Å²) in [7, 11) is 4.37. The summed E-state index contributed by atoms with van der Waals surface area (Å²) in [6.45, 7) is 2.41. The molecular formula is C12H19N3. The van der Waals surface area contributed by atoms with E-state index in [2.05, 4.69) is 34.9 Å². The van der Waals surface area contributed by atoms with Gasteiger partial charge in [-0.3, -0.25) is 4.98 Å². The van der Waals surface area contributed by atoms with Crippen molar-refractivity contribution in [3.63, 3.8) is 0 Å². The van der Waals surface area contributed by atoms with E-state index in [1.807, 2.05) is 18.5 Å². The van der Waals surface area contributed by atoms with Crippen LogP contribution in [-0.4, -0.2) is 43.1 Å². The molecule has 0 unspecified atom stereocenters. The molecule has 1 fully saturated rings. The Hall–Kier alpha value is -1.09. The Balaban J connectivity index is 1.99. The van der Waals surface area contributed by atoms with Crippen LogP contribution in [0.25, 0.3) is 0 Å². The lowest BCUT2D eigenvalue weighted by Gasteiger charge is -2.36. The van der Waals surface area contributed by atoms with Crippen LogP contribution in [0.4, 0.5) is 5.69 Å². The van der Waals surface area contributed by atoms with Crippen molar-refractivity contribution < 1.29 is 0 Å². The molecule has 1 aromatic rings. The quantitative estimate of drug-likeness (QED) is 0.731. The Labute approximate surface area is 91.7 Å². The second-order valence-electron chi connectivity index (χ2n) is 4.36. The highest BCUT2D eigenvalue weighted by Gasteiger charge is 2.20. The summed E-state index contributed by atoms with van der Waals surface area (Å²) in [6.07, 6.45) is 6.27. The van der Waals surface area contributed by atoms with Crippen molar-refractivity contribution in [3.8, 4) is 0 Å². The third kappa shape index (κ3) is 2.48. The van der Waals surface area contributed by atoms with Gasteiger partial charge in [-0.25, -0.2) is 0 Å². The van der Waals surface area contributed by atoms with Crippen LogP contribution in [0.1, 0.15) is 12.8 Å². The predicted octanol–water partition coefficient (Wildman–Crippen LogP) is 1.61. The van der Waals surface area contributed by atoms with Crippen LogP contribution in [0.15, 0.2) is 24.5 Å². The van der Waals surface area contributed by atoms with Gasteiger partial charge >= 0.3 is 0 Å². The van der Waals surface area contributed by atoms with Crippen molar-refractivity contribution >= 4 is 5.69 Å². The molecule has 0 bridgehead atoms. The zero-order valence-corrected chi connectivity index (χ0v) is 9.56. The lowest BCUT2D eigenvalue weighted by Crippen LogP contribution is -2.41. The average Bonchev–Trinajstić information content (AvgIpc) is 2.30. The Morgan fingerprint density at radius 1 is 1.40 bits per heavy atom. The summed E-state index contributed by atoms with van der Waals surface area (Å²) >= 11 is 0. The molecule has 1 saturated heterocycles. The molecule has 0 spiro atoms. The maximum absolute atomic E-state index is 4.16. The summed E-state index contributed by atoms with van der Waals surface area (Å²) < 4.78 is 0. The van der Waals surface area contributed by atoms with Crippen molar-refractivity contribution in [3.05, 3.63) is 24.5 Å². The number of pyridine rings is 1. The molecule has 0 saturated carbocycles. The Kier molecular flexibility index (Phi) is 3.21. The van der Waals surface area contributed by atoms with E-state index in [1.54, 1.807) is 0 Å². The summed E-state index contributed by atoms with van der Waals surface area (Å²) in [5.41, 5.74) is 1.23. The molecule has 1 aromatic heterocycles. The number of piperidine rings is 1. The molecule has 1 aliphatic heterocycles. The molecule has 0 aromatic carbocycles. The molecule has 1 aliphatic rings. The predicted molar refractivity (Wildman–Crippen MR) is 63.2 cm³/mol. The first-order valence-electron chi connectivity index (χ1n) is 5.59. The number of aromatic nitrogens is 1. The van der Waals surface area contributed by atoms with Gasteiger partial charge in [0.15, 0.2) is 0 Å². The molecule has 0 aliphatic carbocycles. The van der Waals surface area contributed by atoms with Crippen LogP contribution in [0.3, 0.4) is 0 Å². The van der Waals surface area contributed by atoms with Gasteiger partial charge < -0.3 is 9.80 Å². The molecule has 3 heteroatoms. The normalized spacial score (nSPS) is 19.1. The highest BCUT2D eigenvalue weighted by Crippen LogP contribution is 2.20. The van der Waals surface area contributed by atoms with Gasteiger partial charge in [0, 0.05) is 19.3 Å². The number of rotatable bonds is 2. The summed E-state index contributed by atoms with van der Waals surface area (Å²) in [5.74, 6) is 0. The topological polar surface area (TPSA) is 19.4 Å². The van der Waals surface area contributed by atoms with Crippen LogP contribution in [0, 0.1) is 0 Å². The Morgan fingerprint density at radius 3 is 2.73 bits per heavy atom. The fourth-order valence-electron chi connectivity index (χ4n) is 2.16. The highest BCUT2D eigenvalue weighted by molar-refractivity contribution is 5.43. The minimum Gasteiger partial charge on any atom is -0.370 e. The largest absolute Gasteiger partial charge is 0.370 e. The van der Waals surface area contributed by atoms with Gasteiger partial charge in [-0.2, -0.15) is 0 Å². The lowest BCUT2D eigenvalue weighted by molar-refractivity contribution is 0.253. The Morgan fingerprint density at radius 2 is 2.13 bits per heavy atom. The average molecular weight is 205 g/mol. The number of hydrogen-bond donors (Lipinski definition) is 0. The van der Waals surface area contributed by atoms with Crippen molar-refractivity contribution in [1.82, 2.24) is 9.88 Å². The molecule has 0 N–H and O–H groups in total. The van der Waals surface area contributed by atoms with Gasteiger partial charge in [0.05, 0.1) is 11.9 Å². The monoisotopic (exact) mass is 205 g/mol. The summed E-state index contributed by atoms with van der Waals surface area (Å²) in [4.78, 5) is 8.92. The third-order valence-electron chi connectivity index (χ3n) is 3.29. The number of hydrogen-bond acceptors (Lipinski definition) is 3. The van der Waals surface area contributed by atoms with E-state index in [-0.39, 0.29) is 0 Å². The van der Waals surface area contributed by atoms with Gasteiger partial charge in [-0.15, -0.1) is 0 Å². The molecular weight excluding hydrogens is 186 g/mol. The minimum absolute atomic E-state index is 0.672. The number of anilines is 1. The molecule has 2 rings (SSSR count). The van der Waals surface area contributed by atoms with Crippen LogP contribution in [0.5, 0.6) is 0 Å². The molecule has 3 nitrogen and oxygen atoms in total. The van der Waals surface area contributed by atoms with E-state index in [4.69, 9.17) is 0 Å². The summed E-state index contributed by atoms with van der Waals surface area (Å²) in [6, 6.07) is 4.80. The van der Waals surface area contributed by atoms with Gasteiger partial charge in [-0.05, 0) is 45.1 Å². The lowest BCUT2D eigenvalue weighted by atomic mass is 10.0. The molecule has 0 radical (unpaired) electrons. The van der Waals surface area contributed by atoms with Gasteiger partial charge in [0.2, 0.25) is 0 Å². The first-order chi connectivity index (χ1) is 7.27. The molecule has 0 atom stereocenters. The van der Waals surface area contributed by atoms with E-state index in [1.165, 1.54) is 31.6 Å². The fraction of sp³-hybridized carbons (Fsp3) is 0.583. The van der Waals surface area contributed by atoms with E-state index in [0.717, 1.165) is 0 Å². The minimum atomic E-state index is 0.672. The van der Waals surface area contributed by atoms with Crippen molar-refractivity contribution in [2.24, 2.45) is 0 Å². The molecule has 82 valence electrons. The Bertz CT molecular complexity index is 291. The highest BCUT2D eigenvalue weighted by atomic mass is 15.2. The van der Waals surface area contributed by atoms with E-state index in [9.17, 15) is 0 Å². The van der Waals surface area contributed by atoms with Crippen molar-refractivity contribution in [2.75, 3.05) is 32.1 Å². The van der Waals surface area contributed by atoms with E-state index in [0.29, 0.717) is 6.04 Å². The van der Waals surface area contributed by atoms with E-state index >= 15 is 0 Å². The summed E-state index contributed by atoms with van der Waals surface area (Å²) in [5, 5.41) is 0. The zero-order chi connectivity index (χ0) is 10.7. The first kappa shape index (κ1) is 10.4. The molecule has 0 amide bonds. The SMILES string of the molecule is CN1CCC(N(C)c2cccnc2)CC1. The third-order valence-corrected chi connectivity index (χ3v) is 3.29. The second kappa shape index (κ2) is 4.62. The van der Waals surface area contributed by atoms with Crippen LogP contribution in [0.2, 0.25) is 0 Å². The van der Waals surface area contributed by atoms with E-state index < -0.39 is 0 Å². The van der Waals surface area contributed by atoms with Crippen molar-refractivity contribution in [1.29, 1.82) is 0 Å².